The summed E-state index contributed by atoms with van der Waals surface area (Å²) in [5.41, 5.74) is -0.313. The van der Waals surface area contributed by atoms with Crippen LogP contribution in [0.4, 0.5) is 0 Å². The van der Waals surface area contributed by atoms with Gasteiger partial charge < -0.3 is 15.4 Å². The Balaban J connectivity index is 2.31. The molecule has 1 amide bonds. The minimum Gasteiger partial charge on any atom is -0.380 e. The largest absolute Gasteiger partial charge is 0.380 e. The van der Waals surface area contributed by atoms with Crippen LogP contribution in [0.5, 0.6) is 0 Å². The zero-order chi connectivity index (χ0) is 11.1. The minimum absolute atomic E-state index is 0.127. The Morgan fingerprint density at radius 1 is 1.53 bits per heavy atom. The first-order valence-electron chi connectivity index (χ1n) is 5.86. The van der Waals surface area contributed by atoms with Crippen molar-refractivity contribution in [3.8, 4) is 0 Å². The van der Waals surface area contributed by atoms with E-state index >= 15 is 0 Å². The predicted molar refractivity (Wildman–Crippen MR) is 59.8 cm³/mol. The number of carbonyl (C=O) groups is 1. The number of amides is 1. The van der Waals surface area contributed by atoms with Gasteiger partial charge in [-0.25, -0.2) is 0 Å². The zero-order valence-electron chi connectivity index (χ0n) is 9.77. The summed E-state index contributed by atoms with van der Waals surface area (Å²) in [7, 11) is 0. The van der Waals surface area contributed by atoms with Gasteiger partial charge in [-0.1, -0.05) is 6.92 Å². The quantitative estimate of drug-likeness (QED) is 0.639. The number of nitrogens with one attached hydrogen (secondary N) is 2. The van der Waals surface area contributed by atoms with Crippen LogP contribution in [0.25, 0.3) is 0 Å². The summed E-state index contributed by atoms with van der Waals surface area (Å²) in [5.74, 6) is 0.127. The summed E-state index contributed by atoms with van der Waals surface area (Å²) in [5, 5.41) is 6.23. The molecule has 0 bridgehead atoms. The highest BCUT2D eigenvalue weighted by atomic mass is 16.5. The Labute approximate surface area is 91.8 Å². The van der Waals surface area contributed by atoms with Crippen LogP contribution in [0, 0.1) is 0 Å². The van der Waals surface area contributed by atoms with E-state index < -0.39 is 0 Å². The maximum atomic E-state index is 11.9. The molecule has 1 saturated heterocycles. The minimum atomic E-state index is -0.313. The van der Waals surface area contributed by atoms with E-state index in [4.69, 9.17) is 4.74 Å². The third-order valence-corrected chi connectivity index (χ3v) is 3.02. The van der Waals surface area contributed by atoms with Gasteiger partial charge in [0.25, 0.3) is 0 Å². The summed E-state index contributed by atoms with van der Waals surface area (Å²) in [4.78, 5) is 11.9. The molecule has 88 valence electrons. The van der Waals surface area contributed by atoms with Gasteiger partial charge in [-0.15, -0.1) is 0 Å². The second kappa shape index (κ2) is 6.08. The molecule has 1 atom stereocenters. The molecule has 1 fully saturated rings. The van der Waals surface area contributed by atoms with Crippen molar-refractivity contribution in [1.29, 1.82) is 0 Å². The maximum absolute atomic E-state index is 11.9. The summed E-state index contributed by atoms with van der Waals surface area (Å²) < 4.78 is 5.18. The van der Waals surface area contributed by atoms with Crippen LogP contribution in [0.15, 0.2) is 0 Å². The molecule has 0 radical (unpaired) electrons. The van der Waals surface area contributed by atoms with Crippen molar-refractivity contribution in [2.75, 3.05) is 26.3 Å². The summed E-state index contributed by atoms with van der Waals surface area (Å²) in [6, 6.07) is 0. The third-order valence-electron chi connectivity index (χ3n) is 3.02. The highest BCUT2D eigenvalue weighted by Crippen LogP contribution is 2.22. The molecule has 2 N–H and O–H groups in total. The van der Waals surface area contributed by atoms with Crippen LogP contribution in [0.2, 0.25) is 0 Å². The van der Waals surface area contributed by atoms with E-state index in [-0.39, 0.29) is 11.4 Å². The molecule has 15 heavy (non-hydrogen) atoms. The van der Waals surface area contributed by atoms with E-state index in [1.54, 1.807) is 0 Å². The van der Waals surface area contributed by atoms with Crippen molar-refractivity contribution in [3.05, 3.63) is 0 Å². The van der Waals surface area contributed by atoms with Gasteiger partial charge in [-0.2, -0.15) is 0 Å². The third kappa shape index (κ3) is 3.18. The Morgan fingerprint density at radius 2 is 2.33 bits per heavy atom. The van der Waals surface area contributed by atoms with Crippen LogP contribution < -0.4 is 10.6 Å². The first kappa shape index (κ1) is 12.5. The fraction of sp³-hybridized carbons (Fsp3) is 0.909. The smallest absolute Gasteiger partial charge is 0.240 e. The highest BCUT2D eigenvalue weighted by Gasteiger charge is 2.38. The Morgan fingerprint density at radius 3 is 2.87 bits per heavy atom. The van der Waals surface area contributed by atoms with Crippen molar-refractivity contribution in [2.24, 2.45) is 0 Å². The Hall–Kier alpha value is -0.610. The SMILES string of the molecule is CCOCCNC(=O)C1(CC)CCCN1. The lowest BCUT2D eigenvalue weighted by Gasteiger charge is -2.26. The van der Waals surface area contributed by atoms with Crippen LogP contribution in [-0.4, -0.2) is 37.7 Å². The molecule has 0 aromatic carbocycles. The van der Waals surface area contributed by atoms with Crippen LogP contribution >= 0.6 is 0 Å². The average Bonchev–Trinajstić information content (AvgIpc) is 2.74. The molecule has 1 rings (SSSR count). The summed E-state index contributed by atoms with van der Waals surface area (Å²) >= 11 is 0. The second-order valence-corrected chi connectivity index (χ2v) is 3.92. The number of hydrogen-bond donors (Lipinski definition) is 2. The van der Waals surface area contributed by atoms with Crippen LogP contribution in [0.1, 0.15) is 33.1 Å². The molecule has 0 aliphatic carbocycles. The fourth-order valence-electron chi connectivity index (χ4n) is 2.01. The molecule has 0 spiro atoms. The van der Waals surface area contributed by atoms with Crippen molar-refractivity contribution in [1.82, 2.24) is 10.6 Å². The van der Waals surface area contributed by atoms with Crippen LogP contribution in [-0.2, 0) is 9.53 Å². The highest BCUT2D eigenvalue weighted by molar-refractivity contribution is 5.86. The Kier molecular flexibility index (Phi) is 5.05. The lowest BCUT2D eigenvalue weighted by atomic mass is 9.93. The number of hydrogen-bond acceptors (Lipinski definition) is 3. The van der Waals surface area contributed by atoms with E-state index in [1.165, 1.54) is 0 Å². The van der Waals surface area contributed by atoms with Gasteiger partial charge in [-0.05, 0) is 32.7 Å². The van der Waals surface area contributed by atoms with Gasteiger partial charge in [-0.3, -0.25) is 4.79 Å². The number of ether oxygens (including phenoxy) is 1. The Bertz CT molecular complexity index is 201. The molecule has 0 aromatic rings. The molecule has 1 aliphatic rings. The molecule has 4 nitrogen and oxygen atoms in total. The zero-order valence-corrected chi connectivity index (χ0v) is 9.77. The molecule has 0 aromatic heterocycles. The summed E-state index contributed by atoms with van der Waals surface area (Å²) in [6.45, 7) is 6.87. The van der Waals surface area contributed by atoms with E-state index in [9.17, 15) is 4.79 Å². The summed E-state index contributed by atoms with van der Waals surface area (Å²) in [6.07, 6.45) is 2.89. The van der Waals surface area contributed by atoms with Gasteiger partial charge in [0, 0.05) is 13.2 Å². The lowest BCUT2D eigenvalue weighted by molar-refractivity contribution is -0.127. The molecular formula is C11H22N2O2. The van der Waals surface area contributed by atoms with Gasteiger partial charge in [0.05, 0.1) is 12.1 Å². The van der Waals surface area contributed by atoms with Gasteiger partial charge in [0.15, 0.2) is 0 Å². The van der Waals surface area contributed by atoms with E-state index in [0.717, 1.165) is 25.8 Å². The topological polar surface area (TPSA) is 50.4 Å². The van der Waals surface area contributed by atoms with Crippen LogP contribution in [0.3, 0.4) is 0 Å². The second-order valence-electron chi connectivity index (χ2n) is 3.92. The first-order valence-corrected chi connectivity index (χ1v) is 5.86. The molecular weight excluding hydrogens is 192 g/mol. The normalized spacial score (nSPS) is 25.5. The van der Waals surface area contributed by atoms with E-state index in [2.05, 4.69) is 17.6 Å². The maximum Gasteiger partial charge on any atom is 0.240 e. The monoisotopic (exact) mass is 214 g/mol. The molecule has 1 unspecified atom stereocenters. The fourth-order valence-corrected chi connectivity index (χ4v) is 2.01. The lowest BCUT2D eigenvalue weighted by Crippen LogP contribution is -2.53. The van der Waals surface area contributed by atoms with E-state index in [1.807, 2.05) is 6.92 Å². The molecule has 1 heterocycles. The van der Waals surface area contributed by atoms with Gasteiger partial charge >= 0.3 is 0 Å². The standard InChI is InChI=1S/C11H22N2O2/c1-3-11(6-5-7-13-11)10(14)12-8-9-15-4-2/h13H,3-9H2,1-2H3,(H,12,14). The number of rotatable bonds is 6. The van der Waals surface area contributed by atoms with E-state index in [0.29, 0.717) is 19.8 Å². The number of carbonyl (C=O) groups excluding carboxylic acids is 1. The molecule has 1 aliphatic heterocycles. The van der Waals surface area contributed by atoms with Crippen molar-refractivity contribution in [3.63, 3.8) is 0 Å². The van der Waals surface area contributed by atoms with Gasteiger partial charge in [0.2, 0.25) is 5.91 Å². The first-order chi connectivity index (χ1) is 7.25. The van der Waals surface area contributed by atoms with Crippen molar-refractivity contribution < 1.29 is 9.53 Å². The van der Waals surface area contributed by atoms with Crippen molar-refractivity contribution >= 4 is 5.91 Å². The average molecular weight is 214 g/mol. The molecule has 0 saturated carbocycles. The molecule has 4 heteroatoms. The van der Waals surface area contributed by atoms with Gasteiger partial charge in [0.1, 0.15) is 0 Å². The predicted octanol–water partition coefficient (Wildman–Crippen LogP) is 0.671. The van der Waals surface area contributed by atoms with Crippen molar-refractivity contribution in [2.45, 2.75) is 38.6 Å².